The average molecular weight is 469 g/mol. The lowest BCUT2D eigenvalue weighted by Crippen LogP contribution is -2.50. The molecule has 1 saturated heterocycles. The highest BCUT2D eigenvalue weighted by molar-refractivity contribution is 7.92. The van der Waals surface area contributed by atoms with Crippen molar-refractivity contribution >= 4 is 22.0 Å². The van der Waals surface area contributed by atoms with E-state index in [4.69, 9.17) is 9.26 Å². The molecule has 0 aliphatic carbocycles. The molecule has 2 heterocycles. The number of benzene rings is 2. The molecule has 1 aliphatic heterocycles. The van der Waals surface area contributed by atoms with Crippen LogP contribution in [-0.2, 0) is 16.6 Å². The molecule has 0 N–H and O–H groups in total. The Morgan fingerprint density at radius 3 is 2.39 bits per heavy atom. The summed E-state index contributed by atoms with van der Waals surface area (Å²) in [5.41, 5.74) is 1.33. The van der Waals surface area contributed by atoms with Gasteiger partial charge in [0.1, 0.15) is 5.75 Å². The molecule has 1 aromatic heterocycles. The summed E-state index contributed by atoms with van der Waals surface area (Å²) in [6.45, 7) is 3.02. The van der Waals surface area contributed by atoms with Crippen LogP contribution in [-0.4, -0.2) is 59.8 Å². The number of rotatable bonds is 7. The number of hydrogen-bond acceptors (Lipinski definition) is 7. The summed E-state index contributed by atoms with van der Waals surface area (Å²) < 4.78 is 37.1. The highest BCUT2D eigenvalue weighted by Crippen LogP contribution is 2.17. The van der Waals surface area contributed by atoms with E-state index in [1.54, 1.807) is 42.2 Å². The van der Waals surface area contributed by atoms with E-state index in [0.29, 0.717) is 36.1 Å². The van der Waals surface area contributed by atoms with Crippen LogP contribution < -0.4 is 4.74 Å². The van der Waals surface area contributed by atoms with Crippen molar-refractivity contribution in [3.63, 3.8) is 0 Å². The molecule has 0 atom stereocenters. The maximum absolute atomic E-state index is 12.8. The molecule has 0 spiro atoms. The zero-order valence-electron chi connectivity index (χ0n) is 18.1. The monoisotopic (exact) mass is 468 g/mol. The summed E-state index contributed by atoms with van der Waals surface area (Å²) in [4.78, 5) is 18.6. The van der Waals surface area contributed by atoms with E-state index in [0.717, 1.165) is 5.56 Å². The number of aryl methyl sites for hydroxylation is 1. The number of amides is 1. The van der Waals surface area contributed by atoms with Crippen molar-refractivity contribution < 1.29 is 22.5 Å². The Morgan fingerprint density at radius 1 is 1.06 bits per heavy atom. The second-order valence-corrected chi connectivity index (χ2v) is 9.31. The first-order valence-corrected chi connectivity index (χ1v) is 12.0. The predicted molar refractivity (Wildman–Crippen MR) is 122 cm³/mol. The van der Waals surface area contributed by atoms with Crippen LogP contribution >= 0.6 is 0 Å². The van der Waals surface area contributed by atoms with Crippen molar-refractivity contribution in [3.05, 3.63) is 82.8 Å². The number of aromatic nitrogens is 2. The van der Waals surface area contributed by atoms with E-state index >= 15 is 0 Å². The van der Waals surface area contributed by atoms with Crippen LogP contribution in [0.15, 0.2) is 64.5 Å². The van der Waals surface area contributed by atoms with Crippen LogP contribution in [0.5, 0.6) is 5.75 Å². The van der Waals surface area contributed by atoms with Crippen LogP contribution in [0.1, 0.15) is 27.6 Å². The van der Waals surface area contributed by atoms with E-state index in [2.05, 4.69) is 10.1 Å². The third kappa shape index (κ3) is 5.85. The van der Waals surface area contributed by atoms with Crippen LogP contribution in [0.4, 0.5) is 0 Å². The Kier molecular flexibility index (Phi) is 6.85. The van der Waals surface area contributed by atoms with E-state index in [1.807, 2.05) is 30.3 Å². The van der Waals surface area contributed by atoms with Gasteiger partial charge in [0.15, 0.2) is 6.61 Å². The fourth-order valence-electron chi connectivity index (χ4n) is 3.38. The topological polar surface area (TPSA) is 106 Å². The van der Waals surface area contributed by atoms with E-state index < -0.39 is 10.0 Å². The van der Waals surface area contributed by atoms with Gasteiger partial charge in [-0.1, -0.05) is 35.5 Å². The fourth-order valence-corrected chi connectivity index (χ4v) is 4.56. The van der Waals surface area contributed by atoms with E-state index in [9.17, 15) is 13.2 Å². The van der Waals surface area contributed by atoms with Gasteiger partial charge in [0.05, 0.1) is 0 Å². The molecule has 0 saturated carbocycles. The van der Waals surface area contributed by atoms with Gasteiger partial charge in [-0.15, -0.1) is 0 Å². The number of hydrogen-bond donors (Lipinski definition) is 0. The van der Waals surface area contributed by atoms with Crippen molar-refractivity contribution in [1.82, 2.24) is 19.3 Å². The Labute approximate surface area is 192 Å². The summed E-state index contributed by atoms with van der Waals surface area (Å²) in [5.74, 6) is 1.34. The minimum atomic E-state index is -3.55. The first-order chi connectivity index (χ1) is 15.9. The van der Waals surface area contributed by atoms with E-state index in [-0.39, 0.29) is 25.6 Å². The standard InChI is InChI=1S/C23H24N4O5S/c1-18-24-22(25-32-18)17-31-21-9-7-20(8-10-21)23(28)26-12-14-27(15-13-26)33(29,30)16-11-19-5-3-2-4-6-19/h2-11,16H,12-15,17H2,1H3. The van der Waals surface area contributed by atoms with Crippen LogP contribution in [0.25, 0.3) is 6.08 Å². The van der Waals surface area contributed by atoms with Crippen LogP contribution in [0, 0.1) is 6.92 Å². The molecule has 0 unspecified atom stereocenters. The SMILES string of the molecule is Cc1nc(COc2ccc(C(=O)N3CCN(S(=O)(=O)C=Cc4ccccc4)CC3)cc2)no1. The second kappa shape index (κ2) is 9.97. The molecule has 0 radical (unpaired) electrons. The number of sulfonamides is 1. The molecule has 172 valence electrons. The molecule has 4 rings (SSSR count). The van der Waals surface area contributed by atoms with Gasteiger partial charge >= 0.3 is 0 Å². The van der Waals surface area contributed by atoms with Gasteiger partial charge in [-0.25, -0.2) is 8.42 Å². The summed E-state index contributed by atoms with van der Waals surface area (Å²) in [6, 6.07) is 16.0. The van der Waals surface area contributed by atoms with Crippen molar-refractivity contribution in [2.24, 2.45) is 0 Å². The average Bonchev–Trinajstić information content (AvgIpc) is 3.27. The minimum Gasteiger partial charge on any atom is -0.485 e. The van der Waals surface area contributed by atoms with Crippen molar-refractivity contribution in [2.45, 2.75) is 13.5 Å². The molecule has 2 aromatic carbocycles. The predicted octanol–water partition coefficient (Wildman–Crippen LogP) is 2.72. The van der Waals surface area contributed by atoms with Gasteiger partial charge < -0.3 is 14.2 Å². The third-order valence-corrected chi connectivity index (χ3v) is 6.72. The lowest BCUT2D eigenvalue weighted by Gasteiger charge is -2.33. The first kappa shape index (κ1) is 22.7. The molecule has 9 nitrogen and oxygen atoms in total. The Balaban J connectivity index is 1.30. The molecular formula is C23H24N4O5S. The lowest BCUT2D eigenvalue weighted by atomic mass is 10.2. The maximum Gasteiger partial charge on any atom is 0.253 e. The lowest BCUT2D eigenvalue weighted by molar-refractivity contribution is 0.0698. The van der Waals surface area contributed by atoms with Crippen molar-refractivity contribution in [1.29, 1.82) is 0 Å². The fraction of sp³-hybridized carbons (Fsp3) is 0.261. The Morgan fingerprint density at radius 2 is 1.76 bits per heavy atom. The minimum absolute atomic E-state index is 0.146. The van der Waals surface area contributed by atoms with Gasteiger partial charge in [-0.3, -0.25) is 4.79 Å². The molecular weight excluding hydrogens is 444 g/mol. The van der Waals surface area contributed by atoms with Crippen molar-refractivity contribution in [3.8, 4) is 5.75 Å². The molecule has 1 amide bonds. The summed E-state index contributed by atoms with van der Waals surface area (Å²) in [6.07, 6.45) is 1.58. The molecule has 0 bridgehead atoms. The number of ether oxygens (including phenoxy) is 1. The molecule has 33 heavy (non-hydrogen) atoms. The zero-order valence-corrected chi connectivity index (χ0v) is 18.9. The van der Waals surface area contributed by atoms with Crippen LogP contribution in [0.3, 0.4) is 0 Å². The summed E-state index contributed by atoms with van der Waals surface area (Å²) in [7, 11) is -3.55. The largest absolute Gasteiger partial charge is 0.485 e. The number of carbonyl (C=O) groups is 1. The number of nitrogens with zero attached hydrogens (tertiary/aromatic N) is 4. The molecule has 10 heteroatoms. The molecule has 1 fully saturated rings. The first-order valence-electron chi connectivity index (χ1n) is 10.5. The van der Waals surface area contributed by atoms with Gasteiger partial charge in [0.2, 0.25) is 21.7 Å². The number of piperazine rings is 1. The highest BCUT2D eigenvalue weighted by Gasteiger charge is 2.27. The Bertz CT molecular complexity index is 1220. The smallest absolute Gasteiger partial charge is 0.253 e. The normalized spacial score (nSPS) is 15.1. The highest BCUT2D eigenvalue weighted by atomic mass is 32.2. The molecule has 3 aromatic rings. The van der Waals surface area contributed by atoms with E-state index in [1.165, 1.54) is 9.71 Å². The third-order valence-electron chi connectivity index (χ3n) is 5.16. The summed E-state index contributed by atoms with van der Waals surface area (Å²) in [5, 5.41) is 4.98. The quantitative estimate of drug-likeness (QED) is 0.525. The van der Waals surface area contributed by atoms with Gasteiger partial charge in [0.25, 0.3) is 5.91 Å². The van der Waals surface area contributed by atoms with Gasteiger partial charge in [-0.2, -0.15) is 9.29 Å². The molecule has 1 aliphatic rings. The Hall–Kier alpha value is -3.50. The zero-order chi connectivity index (χ0) is 23.3. The van der Waals surface area contributed by atoms with Gasteiger partial charge in [0, 0.05) is 44.1 Å². The second-order valence-electron chi connectivity index (χ2n) is 7.49. The van der Waals surface area contributed by atoms with Crippen LogP contribution in [0.2, 0.25) is 0 Å². The maximum atomic E-state index is 12.8. The van der Waals surface area contributed by atoms with Gasteiger partial charge in [-0.05, 0) is 35.9 Å². The summed E-state index contributed by atoms with van der Waals surface area (Å²) >= 11 is 0. The van der Waals surface area contributed by atoms with Crippen molar-refractivity contribution in [2.75, 3.05) is 26.2 Å². The number of carbonyl (C=O) groups excluding carboxylic acids is 1.